The lowest BCUT2D eigenvalue weighted by Gasteiger charge is -2.11. The number of halogens is 1. The first kappa shape index (κ1) is 14.1. The van der Waals surface area contributed by atoms with Crippen LogP contribution < -0.4 is 5.32 Å². The number of aliphatic hydroxyl groups is 1. The minimum Gasteiger partial charge on any atom is -0.396 e. The largest absolute Gasteiger partial charge is 0.396 e. The molecule has 1 heterocycles. The zero-order chi connectivity index (χ0) is 12.8. The van der Waals surface area contributed by atoms with E-state index in [1.807, 2.05) is 13.8 Å². The fourth-order valence-corrected chi connectivity index (χ4v) is 1.97. The minimum atomic E-state index is -0.144. The molecule has 0 bridgehead atoms. The van der Waals surface area contributed by atoms with Crippen LogP contribution in [0.1, 0.15) is 29.4 Å². The van der Waals surface area contributed by atoms with Crippen LogP contribution >= 0.6 is 15.9 Å². The molecular weight excluding hydrogens is 284 g/mol. The van der Waals surface area contributed by atoms with Gasteiger partial charge in [-0.2, -0.15) is 0 Å². The molecule has 1 aromatic rings. The third kappa shape index (κ3) is 4.44. The van der Waals surface area contributed by atoms with E-state index in [2.05, 4.69) is 26.2 Å². The molecule has 94 valence electrons. The second kappa shape index (κ2) is 6.71. The fourth-order valence-electron chi connectivity index (χ4n) is 1.38. The Balaban J connectivity index is 2.58. The first-order chi connectivity index (χ1) is 8.04. The van der Waals surface area contributed by atoms with Gasteiger partial charge in [0.1, 0.15) is 4.60 Å². The highest BCUT2D eigenvalue weighted by atomic mass is 79.9. The Hall–Kier alpha value is -0.940. The maximum absolute atomic E-state index is 11.8. The molecule has 0 aromatic carbocycles. The van der Waals surface area contributed by atoms with E-state index in [1.165, 1.54) is 0 Å². The monoisotopic (exact) mass is 300 g/mol. The SMILES string of the molecule is Cc1ccc(C(=O)NCC(C)CCO)c(Br)n1. The van der Waals surface area contributed by atoms with Gasteiger partial charge >= 0.3 is 0 Å². The molecule has 0 aliphatic rings. The molecule has 0 aliphatic heterocycles. The maximum atomic E-state index is 11.8. The number of hydrogen-bond acceptors (Lipinski definition) is 3. The second-order valence-electron chi connectivity index (χ2n) is 4.12. The van der Waals surface area contributed by atoms with Crippen molar-refractivity contribution in [2.24, 2.45) is 5.92 Å². The van der Waals surface area contributed by atoms with Crippen LogP contribution in [0, 0.1) is 12.8 Å². The molecule has 0 spiro atoms. The van der Waals surface area contributed by atoms with E-state index in [9.17, 15) is 4.79 Å². The highest BCUT2D eigenvalue weighted by Crippen LogP contribution is 2.14. The van der Waals surface area contributed by atoms with E-state index in [0.717, 1.165) is 5.69 Å². The average molecular weight is 301 g/mol. The number of amides is 1. The van der Waals surface area contributed by atoms with Gasteiger partial charge in [0.2, 0.25) is 0 Å². The number of aromatic nitrogens is 1. The zero-order valence-electron chi connectivity index (χ0n) is 10.0. The maximum Gasteiger partial charge on any atom is 0.254 e. The van der Waals surface area contributed by atoms with Crippen LogP contribution in [0.2, 0.25) is 0 Å². The Morgan fingerprint density at radius 2 is 2.29 bits per heavy atom. The normalized spacial score (nSPS) is 12.2. The van der Waals surface area contributed by atoms with Gasteiger partial charge in [0.05, 0.1) is 5.56 Å². The summed E-state index contributed by atoms with van der Waals surface area (Å²) in [5, 5.41) is 11.6. The summed E-state index contributed by atoms with van der Waals surface area (Å²) in [7, 11) is 0. The van der Waals surface area contributed by atoms with Crippen molar-refractivity contribution < 1.29 is 9.90 Å². The van der Waals surface area contributed by atoms with Gasteiger partial charge in [0.25, 0.3) is 5.91 Å². The van der Waals surface area contributed by atoms with E-state index < -0.39 is 0 Å². The van der Waals surface area contributed by atoms with Crippen molar-refractivity contribution in [3.05, 3.63) is 28.0 Å². The Morgan fingerprint density at radius 3 is 2.88 bits per heavy atom. The van der Waals surface area contributed by atoms with E-state index in [1.54, 1.807) is 12.1 Å². The van der Waals surface area contributed by atoms with Crippen molar-refractivity contribution in [2.75, 3.05) is 13.2 Å². The van der Waals surface area contributed by atoms with Crippen molar-refractivity contribution in [1.29, 1.82) is 0 Å². The minimum absolute atomic E-state index is 0.144. The van der Waals surface area contributed by atoms with Gasteiger partial charge in [-0.3, -0.25) is 4.79 Å². The van der Waals surface area contributed by atoms with E-state index >= 15 is 0 Å². The Bertz CT molecular complexity index is 396. The van der Waals surface area contributed by atoms with Crippen molar-refractivity contribution in [3.8, 4) is 0 Å². The molecule has 0 radical (unpaired) electrons. The number of nitrogens with one attached hydrogen (secondary N) is 1. The number of rotatable bonds is 5. The van der Waals surface area contributed by atoms with Gasteiger partial charge in [-0.25, -0.2) is 4.98 Å². The highest BCUT2D eigenvalue weighted by Gasteiger charge is 2.11. The smallest absolute Gasteiger partial charge is 0.254 e. The number of carbonyl (C=O) groups is 1. The molecule has 2 N–H and O–H groups in total. The molecule has 0 saturated heterocycles. The molecule has 1 amide bonds. The zero-order valence-corrected chi connectivity index (χ0v) is 11.6. The van der Waals surface area contributed by atoms with Crippen molar-refractivity contribution in [1.82, 2.24) is 10.3 Å². The summed E-state index contributed by atoms with van der Waals surface area (Å²) in [6, 6.07) is 3.55. The van der Waals surface area contributed by atoms with Crippen LogP contribution in [0.3, 0.4) is 0 Å². The Kier molecular flexibility index (Phi) is 5.58. The molecule has 4 nitrogen and oxygen atoms in total. The van der Waals surface area contributed by atoms with E-state index in [-0.39, 0.29) is 18.4 Å². The molecule has 1 rings (SSSR count). The lowest BCUT2D eigenvalue weighted by Crippen LogP contribution is -2.29. The second-order valence-corrected chi connectivity index (χ2v) is 4.87. The van der Waals surface area contributed by atoms with Crippen LogP contribution in [-0.2, 0) is 0 Å². The first-order valence-electron chi connectivity index (χ1n) is 5.56. The lowest BCUT2D eigenvalue weighted by atomic mass is 10.1. The van der Waals surface area contributed by atoms with Gasteiger partial charge in [-0.05, 0) is 47.3 Å². The Labute approximate surface area is 110 Å². The quantitative estimate of drug-likeness (QED) is 0.817. The van der Waals surface area contributed by atoms with Crippen LogP contribution in [0.15, 0.2) is 16.7 Å². The number of nitrogens with zero attached hydrogens (tertiary/aromatic N) is 1. The summed E-state index contributed by atoms with van der Waals surface area (Å²) in [5.41, 5.74) is 1.40. The molecule has 0 aliphatic carbocycles. The first-order valence-corrected chi connectivity index (χ1v) is 6.36. The molecule has 5 heteroatoms. The third-order valence-corrected chi connectivity index (χ3v) is 3.07. The molecule has 1 unspecified atom stereocenters. The number of pyridine rings is 1. The molecule has 1 atom stereocenters. The van der Waals surface area contributed by atoms with Crippen LogP contribution in [-0.4, -0.2) is 29.1 Å². The summed E-state index contributed by atoms with van der Waals surface area (Å²) in [5.74, 6) is 0.121. The van der Waals surface area contributed by atoms with Gasteiger partial charge in [0, 0.05) is 18.8 Å². The highest BCUT2D eigenvalue weighted by molar-refractivity contribution is 9.10. The van der Waals surface area contributed by atoms with Gasteiger partial charge in [0.15, 0.2) is 0 Å². The predicted octanol–water partition coefficient (Wildman–Crippen LogP) is 1.90. The molecule has 0 saturated carbocycles. The summed E-state index contributed by atoms with van der Waals surface area (Å²) < 4.78 is 0.560. The van der Waals surface area contributed by atoms with Crippen molar-refractivity contribution in [3.63, 3.8) is 0 Å². The summed E-state index contributed by atoms with van der Waals surface area (Å²) in [4.78, 5) is 16.0. The average Bonchev–Trinajstić information content (AvgIpc) is 2.26. The standard InChI is InChI=1S/C12H17BrN2O2/c1-8(5-6-16)7-14-12(17)10-4-3-9(2)15-11(10)13/h3-4,8,16H,5-7H2,1-2H3,(H,14,17). The molecular formula is C12H17BrN2O2. The van der Waals surface area contributed by atoms with Gasteiger partial charge in [-0.15, -0.1) is 0 Å². The predicted molar refractivity (Wildman–Crippen MR) is 69.9 cm³/mol. The topological polar surface area (TPSA) is 62.2 Å². The van der Waals surface area contributed by atoms with Crippen molar-refractivity contribution in [2.45, 2.75) is 20.3 Å². The number of hydrogen-bond donors (Lipinski definition) is 2. The number of carbonyl (C=O) groups excluding carboxylic acids is 1. The Morgan fingerprint density at radius 1 is 1.59 bits per heavy atom. The number of aryl methyl sites for hydroxylation is 1. The van der Waals surface area contributed by atoms with Crippen LogP contribution in [0.5, 0.6) is 0 Å². The number of aliphatic hydroxyl groups excluding tert-OH is 1. The van der Waals surface area contributed by atoms with E-state index in [0.29, 0.717) is 23.1 Å². The van der Waals surface area contributed by atoms with Gasteiger partial charge < -0.3 is 10.4 Å². The lowest BCUT2D eigenvalue weighted by molar-refractivity contribution is 0.0944. The van der Waals surface area contributed by atoms with Crippen molar-refractivity contribution >= 4 is 21.8 Å². The third-order valence-electron chi connectivity index (χ3n) is 2.47. The van der Waals surface area contributed by atoms with Crippen LogP contribution in [0.25, 0.3) is 0 Å². The molecule has 0 fully saturated rings. The summed E-state index contributed by atoms with van der Waals surface area (Å²) >= 11 is 3.27. The van der Waals surface area contributed by atoms with Gasteiger partial charge in [-0.1, -0.05) is 6.92 Å². The molecule has 17 heavy (non-hydrogen) atoms. The summed E-state index contributed by atoms with van der Waals surface area (Å²) in [6.45, 7) is 4.56. The van der Waals surface area contributed by atoms with E-state index in [4.69, 9.17) is 5.11 Å². The summed E-state index contributed by atoms with van der Waals surface area (Å²) in [6.07, 6.45) is 0.688. The molecule has 1 aromatic heterocycles. The fraction of sp³-hybridized carbons (Fsp3) is 0.500. The van der Waals surface area contributed by atoms with Crippen LogP contribution in [0.4, 0.5) is 0 Å².